The van der Waals surface area contributed by atoms with Crippen LogP contribution in [0, 0.1) is 5.41 Å². The molecule has 0 aliphatic rings. The number of hydrogen-bond acceptors (Lipinski definition) is 4. The van der Waals surface area contributed by atoms with Crippen LogP contribution in [-0.2, 0) is 16.0 Å². The number of carboxylic acid groups (broad SMARTS) is 2. The molecule has 0 radical (unpaired) electrons. The number of halogens is 3. The van der Waals surface area contributed by atoms with Crippen LogP contribution in [0.25, 0.3) is 0 Å². The molecule has 162 valence electrons. The summed E-state index contributed by atoms with van der Waals surface area (Å²) in [4.78, 5) is 20.1. The van der Waals surface area contributed by atoms with E-state index in [1.54, 1.807) is 12.1 Å². The molecule has 0 aromatic heterocycles. The van der Waals surface area contributed by atoms with Crippen molar-refractivity contribution in [1.29, 1.82) is 5.41 Å². The van der Waals surface area contributed by atoms with E-state index in [0.29, 0.717) is 17.7 Å². The van der Waals surface area contributed by atoms with Crippen molar-refractivity contribution in [2.75, 3.05) is 5.73 Å². The molecule has 1 unspecified atom stereocenters. The molecule has 0 spiro atoms. The second-order valence-corrected chi connectivity index (χ2v) is 6.42. The first-order chi connectivity index (χ1) is 13.9. The van der Waals surface area contributed by atoms with E-state index in [4.69, 9.17) is 26.8 Å². The molecule has 30 heavy (non-hydrogen) atoms. The number of amidine groups is 1. The lowest BCUT2D eigenvalue weighted by Crippen LogP contribution is -2.21. The third kappa shape index (κ3) is 8.63. The minimum atomic E-state index is -5.08. The zero-order valence-corrected chi connectivity index (χ0v) is 15.8. The molecule has 2 aromatic carbocycles. The largest absolute Gasteiger partial charge is 0.490 e. The molecule has 2 rings (SSSR count). The Bertz CT molecular complexity index is 884. The molecule has 0 amide bonds. The summed E-state index contributed by atoms with van der Waals surface area (Å²) in [5, 5.41) is 23.8. The summed E-state index contributed by atoms with van der Waals surface area (Å²) in [6, 6.07) is 14.9. The Morgan fingerprint density at radius 2 is 1.63 bits per heavy atom. The van der Waals surface area contributed by atoms with E-state index in [1.165, 1.54) is 0 Å². The summed E-state index contributed by atoms with van der Waals surface area (Å²) in [5.74, 6) is -3.73. The number of benzene rings is 2. The van der Waals surface area contributed by atoms with E-state index in [9.17, 15) is 23.1 Å². The van der Waals surface area contributed by atoms with Crippen molar-refractivity contribution in [3.05, 3.63) is 65.2 Å². The van der Waals surface area contributed by atoms with Crippen LogP contribution in [0.15, 0.2) is 48.5 Å². The Labute approximate surface area is 170 Å². The Morgan fingerprint density at radius 3 is 2.10 bits per heavy atom. The molecule has 7 N–H and O–H groups in total. The molecular weight excluding hydrogens is 403 g/mol. The van der Waals surface area contributed by atoms with Gasteiger partial charge in [0.2, 0.25) is 0 Å². The predicted molar refractivity (Wildman–Crippen MR) is 105 cm³/mol. The van der Waals surface area contributed by atoms with Crippen molar-refractivity contribution in [3.63, 3.8) is 0 Å². The van der Waals surface area contributed by atoms with Crippen molar-refractivity contribution < 1.29 is 33.0 Å². The Morgan fingerprint density at radius 1 is 1.07 bits per heavy atom. The van der Waals surface area contributed by atoms with Gasteiger partial charge < -0.3 is 21.7 Å². The van der Waals surface area contributed by atoms with Crippen LogP contribution in [0.5, 0.6) is 0 Å². The zero-order chi connectivity index (χ0) is 22.9. The number of aliphatic carboxylic acids is 2. The number of hydrogen-bond donors (Lipinski definition) is 5. The molecule has 0 saturated carbocycles. The fourth-order valence-electron chi connectivity index (χ4n) is 2.58. The highest BCUT2D eigenvalue weighted by atomic mass is 19.4. The highest BCUT2D eigenvalue weighted by molar-refractivity contribution is 5.95. The number of aryl methyl sites for hydroxylation is 1. The molecule has 0 bridgehead atoms. The normalized spacial score (nSPS) is 11.7. The third-order valence-electron chi connectivity index (χ3n) is 4.09. The highest BCUT2D eigenvalue weighted by Crippen LogP contribution is 2.26. The average molecular weight is 425 g/mol. The molecule has 0 aliphatic carbocycles. The van der Waals surface area contributed by atoms with Gasteiger partial charge >= 0.3 is 18.1 Å². The van der Waals surface area contributed by atoms with Crippen molar-refractivity contribution in [2.45, 2.75) is 31.4 Å². The SMILES string of the molecule is N=C(N)c1cccc(C(CCc2ccc(N)cc2)CC(=O)O)c1.O=C(O)C(F)(F)F. The van der Waals surface area contributed by atoms with Gasteiger partial charge in [-0.2, -0.15) is 13.2 Å². The van der Waals surface area contributed by atoms with Gasteiger partial charge in [0, 0.05) is 11.3 Å². The van der Waals surface area contributed by atoms with Crippen LogP contribution < -0.4 is 11.5 Å². The topological polar surface area (TPSA) is 150 Å². The maximum atomic E-state index is 11.2. The van der Waals surface area contributed by atoms with Gasteiger partial charge in [0.25, 0.3) is 0 Å². The number of alkyl halides is 3. The molecule has 2 aromatic rings. The minimum absolute atomic E-state index is 0.0144. The van der Waals surface area contributed by atoms with Crippen molar-refractivity contribution in [2.24, 2.45) is 5.73 Å². The quantitative estimate of drug-likeness (QED) is 0.261. The summed E-state index contributed by atoms with van der Waals surface area (Å²) >= 11 is 0. The molecule has 0 fully saturated rings. The monoisotopic (exact) mass is 425 g/mol. The summed E-state index contributed by atoms with van der Waals surface area (Å²) in [5.41, 5.74) is 14.5. The van der Waals surface area contributed by atoms with E-state index >= 15 is 0 Å². The van der Waals surface area contributed by atoms with Gasteiger partial charge in [-0.3, -0.25) is 10.2 Å². The van der Waals surface area contributed by atoms with Crippen LogP contribution in [-0.4, -0.2) is 34.2 Å². The van der Waals surface area contributed by atoms with Crippen LogP contribution in [0.1, 0.15) is 35.4 Å². The van der Waals surface area contributed by atoms with Crippen molar-refractivity contribution in [3.8, 4) is 0 Å². The molecular formula is C20H22F3N3O4. The number of rotatable bonds is 7. The van der Waals surface area contributed by atoms with Gasteiger partial charge in [-0.15, -0.1) is 0 Å². The van der Waals surface area contributed by atoms with E-state index in [1.807, 2.05) is 36.4 Å². The number of carboxylic acids is 2. The molecule has 7 nitrogen and oxygen atoms in total. The van der Waals surface area contributed by atoms with Crippen LogP contribution in [0.3, 0.4) is 0 Å². The third-order valence-corrected chi connectivity index (χ3v) is 4.09. The van der Waals surface area contributed by atoms with Crippen LogP contribution in [0.2, 0.25) is 0 Å². The van der Waals surface area contributed by atoms with Gasteiger partial charge in [0.1, 0.15) is 5.84 Å². The lowest BCUT2D eigenvalue weighted by molar-refractivity contribution is -0.192. The molecule has 1 atom stereocenters. The predicted octanol–water partition coefficient (Wildman–Crippen LogP) is 3.38. The molecule has 0 saturated heterocycles. The fourth-order valence-corrected chi connectivity index (χ4v) is 2.58. The number of nitrogen functional groups attached to an aromatic ring is 2. The molecule has 0 heterocycles. The molecule has 10 heteroatoms. The van der Waals surface area contributed by atoms with E-state index in [0.717, 1.165) is 17.5 Å². The van der Waals surface area contributed by atoms with E-state index < -0.39 is 18.1 Å². The maximum Gasteiger partial charge on any atom is 0.490 e. The summed E-state index contributed by atoms with van der Waals surface area (Å²) < 4.78 is 31.7. The van der Waals surface area contributed by atoms with Gasteiger partial charge in [-0.25, -0.2) is 4.79 Å². The van der Waals surface area contributed by atoms with Gasteiger partial charge in [-0.1, -0.05) is 30.3 Å². The lowest BCUT2D eigenvalue weighted by atomic mass is 9.88. The Hall–Kier alpha value is -3.56. The van der Waals surface area contributed by atoms with Crippen LogP contribution >= 0.6 is 0 Å². The van der Waals surface area contributed by atoms with Gasteiger partial charge in [0.05, 0.1) is 6.42 Å². The van der Waals surface area contributed by atoms with E-state index in [-0.39, 0.29) is 18.2 Å². The first kappa shape index (κ1) is 24.5. The standard InChI is InChI=1S/C18H21N3O2.C2HF3O2/c19-16-8-5-12(6-9-16)4-7-14(11-17(22)23)13-2-1-3-15(10-13)18(20)21;3-2(4,5)1(6)7/h1-3,5-6,8-10,14H,4,7,11,19H2,(H3,20,21)(H,22,23);(H,6,7). The smallest absolute Gasteiger partial charge is 0.481 e. The Kier molecular flexibility index (Phi) is 8.85. The summed E-state index contributed by atoms with van der Waals surface area (Å²) in [7, 11) is 0. The minimum Gasteiger partial charge on any atom is -0.481 e. The fraction of sp³-hybridized carbons (Fsp3) is 0.250. The first-order valence-electron chi connectivity index (χ1n) is 8.70. The number of nitrogens with one attached hydrogen (secondary N) is 1. The second kappa shape index (κ2) is 10.8. The van der Waals surface area contributed by atoms with Gasteiger partial charge in [-0.05, 0) is 48.1 Å². The number of anilines is 1. The second-order valence-electron chi connectivity index (χ2n) is 6.42. The zero-order valence-electron chi connectivity index (χ0n) is 15.8. The Balaban J connectivity index is 0.000000553. The summed E-state index contributed by atoms with van der Waals surface area (Å²) in [6.07, 6.45) is -3.56. The van der Waals surface area contributed by atoms with Gasteiger partial charge in [0.15, 0.2) is 0 Å². The van der Waals surface area contributed by atoms with Crippen molar-refractivity contribution in [1.82, 2.24) is 0 Å². The average Bonchev–Trinajstić information content (AvgIpc) is 2.66. The first-order valence-corrected chi connectivity index (χ1v) is 8.70. The maximum absolute atomic E-state index is 11.2. The lowest BCUT2D eigenvalue weighted by Gasteiger charge is -2.16. The molecule has 0 aliphatic heterocycles. The highest BCUT2D eigenvalue weighted by Gasteiger charge is 2.38. The van der Waals surface area contributed by atoms with E-state index in [2.05, 4.69) is 0 Å². The summed E-state index contributed by atoms with van der Waals surface area (Å²) in [6.45, 7) is 0. The number of nitrogens with two attached hydrogens (primary N) is 2. The number of carbonyl (C=O) groups is 2. The van der Waals surface area contributed by atoms with Crippen molar-refractivity contribution >= 4 is 23.5 Å². The van der Waals surface area contributed by atoms with Crippen LogP contribution in [0.4, 0.5) is 18.9 Å².